The Bertz CT molecular complexity index is 3210. The standard InChI is InChI=1S/C53H59N13O7S/c1-4-5-7-14-47(67)58-41-32-42(59-53-56-22-19-46(60-53)57-40-16-15-39-49(55-24-23-54-39)50(40)62-74(3,71)72)45(73-2)33-44(41)65-26-20-36(21-27-65)64-30-28-63(29-31-64)25-9-6-8-11-35-12-10-13-37-38(35)34-66(52(37)70)43-17-18-48(68)61-51(43)69/h10,12-13,15-16,19,22-24,32-33,36,43,62H,4-6,9,17-18,20-21,25-31,34H2,1-3H3,(H,58,67)(H,61,68,69)(H2,56,57,59,60). The van der Waals surface area contributed by atoms with E-state index < -0.39 is 27.9 Å². The van der Waals surface area contributed by atoms with Gasteiger partial charge in [-0.05, 0) is 86.5 Å². The Morgan fingerprint density at radius 1 is 0.878 bits per heavy atom. The van der Waals surface area contributed by atoms with Gasteiger partial charge in [0, 0.05) is 107 Å². The van der Waals surface area contributed by atoms with Crippen LogP contribution in [0.5, 0.6) is 5.75 Å². The first-order valence-corrected chi connectivity index (χ1v) is 26.8. The van der Waals surface area contributed by atoms with Crippen molar-refractivity contribution in [2.75, 3.05) is 84.8 Å². The van der Waals surface area contributed by atoms with Crippen molar-refractivity contribution in [3.05, 3.63) is 83.8 Å². The fraction of sp³-hybridized carbons (Fsp3) is 0.396. The molecule has 3 fully saturated rings. The van der Waals surface area contributed by atoms with Crippen LogP contribution in [-0.4, -0.2) is 138 Å². The summed E-state index contributed by atoms with van der Waals surface area (Å²) in [5, 5.41) is 11.8. The van der Waals surface area contributed by atoms with Gasteiger partial charge in [0.2, 0.25) is 27.8 Å². The number of anilines is 7. The van der Waals surface area contributed by atoms with Crippen molar-refractivity contribution in [2.45, 2.75) is 76.9 Å². The molecule has 5 N–H and O–H groups in total. The third-order valence-electron chi connectivity index (χ3n) is 13.5. The number of nitrogens with zero attached hydrogens (tertiary/aromatic N) is 8. The van der Waals surface area contributed by atoms with Crippen molar-refractivity contribution >= 4 is 84.9 Å². The summed E-state index contributed by atoms with van der Waals surface area (Å²) in [5.74, 6) is 12.0. The summed E-state index contributed by atoms with van der Waals surface area (Å²) in [7, 11) is -2.10. The van der Waals surface area contributed by atoms with E-state index >= 15 is 0 Å². The van der Waals surface area contributed by atoms with Gasteiger partial charge in [0.05, 0.1) is 47.3 Å². The van der Waals surface area contributed by atoms with E-state index in [4.69, 9.17) is 4.74 Å². The molecule has 21 heteroatoms. The molecule has 0 radical (unpaired) electrons. The summed E-state index contributed by atoms with van der Waals surface area (Å²) in [6, 6.07) is 14.1. The Morgan fingerprint density at radius 2 is 1.69 bits per heavy atom. The Balaban J connectivity index is 0.805. The molecule has 3 saturated heterocycles. The molecule has 4 amide bonds. The minimum absolute atomic E-state index is 0.197. The molecule has 0 bridgehead atoms. The number of piperidine rings is 2. The Kier molecular flexibility index (Phi) is 15.8. The lowest BCUT2D eigenvalue weighted by Crippen LogP contribution is -2.53. The molecule has 384 valence electrons. The molecule has 0 spiro atoms. The van der Waals surface area contributed by atoms with Gasteiger partial charge in [-0.2, -0.15) is 4.98 Å². The van der Waals surface area contributed by atoms with E-state index in [2.05, 4.69) is 84.3 Å². The Morgan fingerprint density at radius 3 is 2.46 bits per heavy atom. The summed E-state index contributed by atoms with van der Waals surface area (Å²) in [6.45, 7) is 8.70. The number of nitrogens with one attached hydrogen (secondary N) is 5. The van der Waals surface area contributed by atoms with Gasteiger partial charge >= 0.3 is 0 Å². The van der Waals surface area contributed by atoms with Gasteiger partial charge in [0.25, 0.3) is 11.8 Å². The van der Waals surface area contributed by atoms with Crippen molar-refractivity contribution in [3.63, 3.8) is 0 Å². The molecule has 1 unspecified atom stereocenters. The van der Waals surface area contributed by atoms with Crippen molar-refractivity contribution < 1.29 is 32.3 Å². The number of piperazine rings is 1. The molecule has 4 aliphatic heterocycles. The number of sulfonamides is 1. The minimum atomic E-state index is -3.68. The first kappa shape index (κ1) is 51.1. The zero-order valence-electron chi connectivity index (χ0n) is 41.7. The quantitative estimate of drug-likeness (QED) is 0.0514. The SMILES string of the molecule is CCCC#CC(=O)Nc1cc(Nc2nccc(Nc3ccc4nccnc4c3NS(C)(=O)=O)n2)c(OC)cc1N1CCC(N2CCN(CCCC#Cc3cccc4c3CN(C3CCC(=O)NC3=O)C4=O)CC2)CC1. The number of aromatic nitrogens is 4. The number of fused-ring (bicyclic) bond motifs is 2. The molecule has 5 aromatic rings. The maximum atomic E-state index is 13.2. The second-order valence-electron chi connectivity index (χ2n) is 18.6. The van der Waals surface area contributed by atoms with Crippen LogP contribution in [0, 0.1) is 23.7 Å². The van der Waals surface area contributed by atoms with Crippen LogP contribution in [0.15, 0.2) is 67.1 Å². The molecular weight excluding hydrogens is 963 g/mol. The molecule has 9 rings (SSSR count). The van der Waals surface area contributed by atoms with Gasteiger partial charge in [-0.1, -0.05) is 30.8 Å². The number of unbranched alkanes of at least 4 members (excludes halogenated alkanes) is 2. The van der Waals surface area contributed by atoms with E-state index in [0.717, 1.165) is 101 Å². The smallest absolute Gasteiger partial charge is 0.300 e. The molecule has 4 aliphatic rings. The second-order valence-corrected chi connectivity index (χ2v) is 20.4. The Hall–Kier alpha value is -7.85. The normalized spacial score (nSPS) is 17.4. The molecular formula is C53H59N13O7S. The van der Waals surface area contributed by atoms with Crippen LogP contribution in [0.1, 0.15) is 79.8 Å². The number of carbonyl (C=O) groups excluding carboxylic acids is 4. The fourth-order valence-electron chi connectivity index (χ4n) is 9.87. The number of imide groups is 1. The predicted octanol–water partition coefficient (Wildman–Crippen LogP) is 5.21. The van der Waals surface area contributed by atoms with E-state index in [1.54, 1.807) is 48.5 Å². The molecule has 6 heterocycles. The largest absolute Gasteiger partial charge is 0.494 e. The van der Waals surface area contributed by atoms with Gasteiger partial charge < -0.3 is 35.4 Å². The third kappa shape index (κ3) is 12.1. The highest BCUT2D eigenvalue weighted by molar-refractivity contribution is 7.92. The number of amides is 4. The molecule has 0 saturated carbocycles. The maximum absolute atomic E-state index is 13.2. The van der Waals surface area contributed by atoms with E-state index in [0.29, 0.717) is 70.7 Å². The number of benzene rings is 3. The fourth-order valence-corrected chi connectivity index (χ4v) is 10.4. The highest BCUT2D eigenvalue weighted by Gasteiger charge is 2.40. The average molecular weight is 1020 g/mol. The van der Waals surface area contributed by atoms with Gasteiger partial charge in [0.1, 0.15) is 23.1 Å². The average Bonchev–Trinajstić information content (AvgIpc) is 3.73. The van der Waals surface area contributed by atoms with Crippen LogP contribution < -0.4 is 35.6 Å². The number of hydrogen-bond donors (Lipinski definition) is 5. The summed E-state index contributed by atoms with van der Waals surface area (Å²) < 4.78 is 33.2. The van der Waals surface area contributed by atoms with Gasteiger partial charge in [-0.3, -0.25) is 44.1 Å². The summed E-state index contributed by atoms with van der Waals surface area (Å²) in [5.41, 5.74) is 5.58. The van der Waals surface area contributed by atoms with Crippen LogP contribution >= 0.6 is 0 Å². The number of ether oxygens (including phenoxy) is 1. The van der Waals surface area contributed by atoms with Gasteiger partial charge in [-0.15, -0.1) is 0 Å². The van der Waals surface area contributed by atoms with Crippen LogP contribution in [0.25, 0.3) is 11.0 Å². The summed E-state index contributed by atoms with van der Waals surface area (Å²) in [4.78, 5) is 77.4. The second kappa shape index (κ2) is 22.9. The first-order valence-electron chi connectivity index (χ1n) is 24.9. The lowest BCUT2D eigenvalue weighted by molar-refractivity contribution is -0.137. The molecule has 74 heavy (non-hydrogen) atoms. The van der Waals surface area contributed by atoms with E-state index in [1.807, 2.05) is 25.1 Å². The molecule has 3 aromatic carbocycles. The zero-order chi connectivity index (χ0) is 51.8. The topological polar surface area (TPSA) is 236 Å². The summed E-state index contributed by atoms with van der Waals surface area (Å²) in [6.07, 6.45) is 11.2. The van der Waals surface area contributed by atoms with Gasteiger partial charge in [-0.25, -0.2) is 13.4 Å². The maximum Gasteiger partial charge on any atom is 0.300 e. The number of methoxy groups -OCH3 is 1. The molecule has 1 atom stereocenters. The van der Waals surface area contributed by atoms with Crippen molar-refractivity contribution in [3.8, 4) is 29.4 Å². The predicted molar refractivity (Wildman–Crippen MR) is 283 cm³/mol. The van der Waals surface area contributed by atoms with E-state index in [1.165, 1.54) is 12.4 Å². The lowest BCUT2D eigenvalue weighted by atomic mass is 10.0. The van der Waals surface area contributed by atoms with Crippen molar-refractivity contribution in [1.82, 2.24) is 40.0 Å². The van der Waals surface area contributed by atoms with Crippen LogP contribution in [0.3, 0.4) is 0 Å². The first-order chi connectivity index (χ1) is 35.8. The number of hydrogen-bond acceptors (Lipinski definition) is 16. The van der Waals surface area contributed by atoms with Crippen LogP contribution in [-0.2, 0) is 31.0 Å². The number of carbonyl (C=O) groups is 4. The van der Waals surface area contributed by atoms with E-state index in [9.17, 15) is 27.6 Å². The van der Waals surface area contributed by atoms with Crippen LogP contribution in [0.4, 0.5) is 40.2 Å². The van der Waals surface area contributed by atoms with E-state index in [-0.39, 0.29) is 29.9 Å². The molecule has 20 nitrogen and oxygen atoms in total. The molecule has 2 aromatic heterocycles. The molecule has 0 aliphatic carbocycles. The van der Waals surface area contributed by atoms with Crippen molar-refractivity contribution in [2.24, 2.45) is 0 Å². The van der Waals surface area contributed by atoms with Crippen LogP contribution in [0.2, 0.25) is 0 Å². The monoisotopic (exact) mass is 1020 g/mol. The zero-order valence-corrected chi connectivity index (χ0v) is 42.5. The lowest BCUT2D eigenvalue weighted by Gasteiger charge is -2.43. The summed E-state index contributed by atoms with van der Waals surface area (Å²) >= 11 is 0. The highest BCUT2D eigenvalue weighted by atomic mass is 32.2. The Labute approximate surface area is 430 Å². The highest BCUT2D eigenvalue weighted by Crippen LogP contribution is 2.40. The third-order valence-corrected chi connectivity index (χ3v) is 14.1. The van der Waals surface area contributed by atoms with Gasteiger partial charge in [0.15, 0.2) is 0 Å². The minimum Gasteiger partial charge on any atom is -0.494 e. The number of rotatable bonds is 15. The van der Waals surface area contributed by atoms with Crippen molar-refractivity contribution in [1.29, 1.82) is 0 Å².